The number of rotatable bonds is 4. The van der Waals surface area contributed by atoms with Crippen LogP contribution in [-0.2, 0) is 9.59 Å². The van der Waals surface area contributed by atoms with Gasteiger partial charge in [-0.25, -0.2) is 13.8 Å². The van der Waals surface area contributed by atoms with Crippen LogP contribution in [0.15, 0.2) is 23.6 Å². The zero-order valence-corrected chi connectivity index (χ0v) is 15.9. The molecule has 2 heterocycles. The lowest BCUT2D eigenvalue weighted by Gasteiger charge is -2.36. The van der Waals surface area contributed by atoms with Crippen molar-refractivity contribution in [2.75, 3.05) is 31.5 Å². The molecule has 2 amide bonds. The molecule has 1 saturated heterocycles. The van der Waals surface area contributed by atoms with Gasteiger partial charge in [-0.2, -0.15) is 0 Å². The first-order valence-corrected chi connectivity index (χ1v) is 9.44. The molecule has 2 aromatic rings. The quantitative estimate of drug-likeness (QED) is 0.866. The van der Waals surface area contributed by atoms with E-state index in [2.05, 4.69) is 10.3 Å². The van der Waals surface area contributed by atoms with E-state index in [9.17, 15) is 18.4 Å². The lowest BCUT2D eigenvalue weighted by atomic mass is 10.2. The second kappa shape index (κ2) is 8.10. The smallest absolute Gasteiger partial charge is 0.243 e. The summed E-state index contributed by atoms with van der Waals surface area (Å²) >= 11 is 1.22. The minimum Gasteiger partial charge on any atom is -0.340 e. The predicted octanol–water partition coefficient (Wildman–Crippen LogP) is 2.58. The topological polar surface area (TPSA) is 65.5 Å². The summed E-state index contributed by atoms with van der Waals surface area (Å²) in [5.41, 5.74) is 0.913. The van der Waals surface area contributed by atoms with Crippen molar-refractivity contribution in [3.8, 4) is 11.3 Å². The van der Waals surface area contributed by atoms with Gasteiger partial charge >= 0.3 is 0 Å². The second-order valence-electron chi connectivity index (χ2n) is 6.37. The molecule has 3 rings (SSSR count). The second-order valence-corrected chi connectivity index (χ2v) is 7.23. The van der Waals surface area contributed by atoms with E-state index in [-0.39, 0.29) is 17.9 Å². The number of hydrogen-bond acceptors (Lipinski definition) is 5. The maximum Gasteiger partial charge on any atom is 0.243 e. The molecule has 0 aliphatic carbocycles. The van der Waals surface area contributed by atoms with E-state index in [4.69, 9.17) is 0 Å². The van der Waals surface area contributed by atoms with Gasteiger partial charge in [0.25, 0.3) is 0 Å². The van der Waals surface area contributed by atoms with Crippen LogP contribution in [0.5, 0.6) is 0 Å². The van der Waals surface area contributed by atoms with Crippen LogP contribution in [0.2, 0.25) is 0 Å². The third-order valence-corrected chi connectivity index (χ3v) is 5.39. The molecular formula is C18H20F2N4O2S. The number of aromatic nitrogens is 1. The molecule has 1 aromatic heterocycles. The molecule has 6 nitrogen and oxygen atoms in total. The van der Waals surface area contributed by atoms with Gasteiger partial charge in [0, 0.05) is 44.0 Å². The highest BCUT2D eigenvalue weighted by molar-refractivity contribution is 7.14. The minimum atomic E-state index is -0.940. The fourth-order valence-corrected chi connectivity index (χ4v) is 3.64. The molecule has 0 spiro atoms. The van der Waals surface area contributed by atoms with E-state index in [1.54, 1.807) is 17.2 Å². The first kappa shape index (κ1) is 19.4. The summed E-state index contributed by atoms with van der Waals surface area (Å²) in [6, 6.07) is 3.20. The van der Waals surface area contributed by atoms with Crippen LogP contribution in [0.1, 0.15) is 13.8 Å². The van der Waals surface area contributed by atoms with Crippen molar-refractivity contribution in [2.45, 2.75) is 19.9 Å². The van der Waals surface area contributed by atoms with Gasteiger partial charge in [-0.15, -0.1) is 11.3 Å². The summed E-state index contributed by atoms with van der Waals surface area (Å²) in [4.78, 5) is 31.9. The summed E-state index contributed by atoms with van der Waals surface area (Å²) in [5.74, 6) is -2.01. The first-order valence-electron chi connectivity index (χ1n) is 8.56. The summed E-state index contributed by atoms with van der Waals surface area (Å²) < 4.78 is 26.4. The van der Waals surface area contributed by atoms with Crippen molar-refractivity contribution in [1.82, 2.24) is 14.8 Å². The van der Waals surface area contributed by atoms with Crippen molar-refractivity contribution in [3.63, 3.8) is 0 Å². The van der Waals surface area contributed by atoms with Crippen molar-refractivity contribution >= 4 is 28.3 Å². The average molecular weight is 394 g/mol. The third-order valence-electron chi connectivity index (χ3n) is 4.64. The van der Waals surface area contributed by atoms with E-state index in [1.165, 1.54) is 17.4 Å². The molecular weight excluding hydrogens is 374 g/mol. The molecule has 9 heteroatoms. The van der Waals surface area contributed by atoms with E-state index >= 15 is 0 Å². The number of carbonyl (C=O) groups is 2. The third kappa shape index (κ3) is 4.48. The number of hydrogen-bond donors (Lipinski definition) is 1. The van der Waals surface area contributed by atoms with Crippen LogP contribution < -0.4 is 5.32 Å². The minimum absolute atomic E-state index is 0.0410. The fourth-order valence-electron chi connectivity index (χ4n) is 2.92. The standard InChI is InChI=1S/C18H20F2N4O2S/c1-11(23-5-7-24(8-6-23)12(2)25)17(26)22-18-21-16(10-27-18)13-3-4-14(19)15(20)9-13/h3-4,9-11H,5-8H2,1-2H3,(H,21,22,26). The van der Waals surface area contributed by atoms with Gasteiger partial charge in [0.05, 0.1) is 11.7 Å². The average Bonchev–Trinajstić information content (AvgIpc) is 3.11. The van der Waals surface area contributed by atoms with Crippen molar-refractivity contribution in [1.29, 1.82) is 0 Å². The Morgan fingerprint density at radius 2 is 1.89 bits per heavy atom. The highest BCUT2D eigenvalue weighted by Gasteiger charge is 2.26. The maximum atomic E-state index is 13.4. The lowest BCUT2D eigenvalue weighted by Crippen LogP contribution is -2.53. The predicted molar refractivity (Wildman–Crippen MR) is 99.4 cm³/mol. The molecule has 1 aromatic carbocycles. The Kier molecular flexibility index (Phi) is 5.81. The number of piperazine rings is 1. The van der Waals surface area contributed by atoms with E-state index in [1.807, 2.05) is 11.8 Å². The molecule has 0 radical (unpaired) electrons. The zero-order valence-electron chi connectivity index (χ0n) is 15.0. The number of thiazole rings is 1. The van der Waals surface area contributed by atoms with Crippen LogP contribution >= 0.6 is 11.3 Å². The number of nitrogens with one attached hydrogen (secondary N) is 1. The number of carbonyl (C=O) groups excluding carboxylic acids is 2. The zero-order chi connectivity index (χ0) is 19.6. The fraction of sp³-hybridized carbons (Fsp3) is 0.389. The molecule has 0 saturated carbocycles. The van der Waals surface area contributed by atoms with Gasteiger partial charge in [0.2, 0.25) is 11.8 Å². The van der Waals surface area contributed by atoms with E-state index < -0.39 is 11.6 Å². The van der Waals surface area contributed by atoms with Gasteiger partial charge in [-0.05, 0) is 25.1 Å². The van der Waals surface area contributed by atoms with Crippen LogP contribution in [-0.4, -0.2) is 58.8 Å². The molecule has 1 aliphatic heterocycles. The van der Waals surface area contributed by atoms with Gasteiger partial charge in [-0.3, -0.25) is 14.5 Å². The Morgan fingerprint density at radius 3 is 2.52 bits per heavy atom. The Bertz CT molecular complexity index is 850. The number of benzene rings is 1. The van der Waals surface area contributed by atoms with Crippen LogP contribution in [0.4, 0.5) is 13.9 Å². The Morgan fingerprint density at radius 1 is 1.19 bits per heavy atom. The van der Waals surface area contributed by atoms with Gasteiger partial charge in [0.1, 0.15) is 0 Å². The number of halogens is 2. The lowest BCUT2D eigenvalue weighted by molar-refractivity contribution is -0.131. The number of nitrogens with zero attached hydrogens (tertiary/aromatic N) is 3. The maximum absolute atomic E-state index is 13.4. The van der Waals surface area contributed by atoms with Crippen LogP contribution in [0.3, 0.4) is 0 Å². The van der Waals surface area contributed by atoms with E-state index in [0.29, 0.717) is 42.6 Å². The highest BCUT2D eigenvalue weighted by atomic mass is 32.1. The molecule has 1 atom stereocenters. The van der Waals surface area contributed by atoms with Gasteiger partial charge < -0.3 is 10.2 Å². The molecule has 0 bridgehead atoms. The largest absolute Gasteiger partial charge is 0.340 e. The van der Waals surface area contributed by atoms with Gasteiger partial charge in [-0.1, -0.05) is 0 Å². The summed E-state index contributed by atoms with van der Waals surface area (Å²) in [6.07, 6.45) is 0. The molecule has 1 unspecified atom stereocenters. The first-order chi connectivity index (χ1) is 12.8. The Balaban J connectivity index is 1.60. The number of amides is 2. The molecule has 1 N–H and O–H groups in total. The van der Waals surface area contributed by atoms with Crippen molar-refractivity contribution < 1.29 is 18.4 Å². The van der Waals surface area contributed by atoms with E-state index in [0.717, 1.165) is 12.1 Å². The van der Waals surface area contributed by atoms with Crippen LogP contribution in [0, 0.1) is 11.6 Å². The van der Waals surface area contributed by atoms with Crippen LogP contribution in [0.25, 0.3) is 11.3 Å². The van der Waals surface area contributed by atoms with Crippen molar-refractivity contribution in [3.05, 3.63) is 35.2 Å². The summed E-state index contributed by atoms with van der Waals surface area (Å²) in [5, 5.41) is 4.84. The normalized spacial score (nSPS) is 16.2. The molecule has 144 valence electrons. The van der Waals surface area contributed by atoms with Crippen molar-refractivity contribution in [2.24, 2.45) is 0 Å². The molecule has 27 heavy (non-hydrogen) atoms. The monoisotopic (exact) mass is 394 g/mol. The Hall–Kier alpha value is -2.39. The summed E-state index contributed by atoms with van der Waals surface area (Å²) in [6.45, 7) is 5.81. The SMILES string of the molecule is CC(=O)N1CCN(C(C)C(=O)Nc2nc(-c3ccc(F)c(F)c3)cs2)CC1. The highest BCUT2D eigenvalue weighted by Crippen LogP contribution is 2.26. The Labute approximate surface area is 159 Å². The summed E-state index contributed by atoms with van der Waals surface area (Å²) in [7, 11) is 0. The van der Waals surface area contributed by atoms with Gasteiger partial charge in [0.15, 0.2) is 16.8 Å². The molecule has 1 aliphatic rings. The number of anilines is 1. The molecule has 1 fully saturated rings.